The molecule has 1 aromatic heterocycles. The third kappa shape index (κ3) is 3.39. The number of aromatic nitrogens is 2. The molecule has 0 fully saturated rings. The standard InChI is InChI=1S/C13H13IN2O/c1-3-11-8-13(16-9(2)15-11)17-12-6-4-10(14)5-7-12/h4-8H,3H2,1-2H3. The summed E-state index contributed by atoms with van der Waals surface area (Å²) in [5, 5.41) is 0. The summed E-state index contributed by atoms with van der Waals surface area (Å²) in [5.41, 5.74) is 0.998. The van der Waals surface area contributed by atoms with Gasteiger partial charge in [-0.15, -0.1) is 0 Å². The summed E-state index contributed by atoms with van der Waals surface area (Å²) in [6, 6.07) is 9.76. The highest BCUT2D eigenvalue weighted by molar-refractivity contribution is 14.1. The largest absolute Gasteiger partial charge is 0.439 e. The lowest BCUT2D eigenvalue weighted by molar-refractivity contribution is 0.458. The number of aryl methyl sites for hydroxylation is 2. The van der Waals surface area contributed by atoms with E-state index < -0.39 is 0 Å². The Morgan fingerprint density at radius 1 is 1.18 bits per heavy atom. The molecule has 1 heterocycles. The summed E-state index contributed by atoms with van der Waals surface area (Å²) in [5.74, 6) is 2.14. The average Bonchev–Trinajstić information content (AvgIpc) is 2.31. The third-order valence-electron chi connectivity index (χ3n) is 2.27. The summed E-state index contributed by atoms with van der Waals surface area (Å²) in [6.45, 7) is 3.94. The maximum absolute atomic E-state index is 5.70. The van der Waals surface area contributed by atoms with Crippen molar-refractivity contribution >= 4 is 22.6 Å². The van der Waals surface area contributed by atoms with Crippen LogP contribution in [0.15, 0.2) is 30.3 Å². The molecule has 4 heteroatoms. The Bertz CT molecular complexity index is 511. The van der Waals surface area contributed by atoms with Gasteiger partial charge in [-0.05, 0) is 60.2 Å². The van der Waals surface area contributed by atoms with E-state index in [1.807, 2.05) is 37.3 Å². The molecule has 88 valence electrons. The molecule has 0 aliphatic heterocycles. The quantitative estimate of drug-likeness (QED) is 0.799. The number of hydrogen-bond donors (Lipinski definition) is 0. The molecule has 3 nitrogen and oxygen atoms in total. The molecule has 0 N–H and O–H groups in total. The molecule has 0 unspecified atom stereocenters. The second-order valence-corrected chi connectivity index (χ2v) is 4.90. The fraction of sp³-hybridized carbons (Fsp3) is 0.231. The number of ether oxygens (including phenoxy) is 1. The molecule has 0 atom stereocenters. The van der Waals surface area contributed by atoms with E-state index >= 15 is 0 Å². The van der Waals surface area contributed by atoms with Gasteiger partial charge in [0.15, 0.2) is 0 Å². The van der Waals surface area contributed by atoms with Crippen molar-refractivity contribution in [1.29, 1.82) is 0 Å². The van der Waals surface area contributed by atoms with Crippen LogP contribution in [0.4, 0.5) is 0 Å². The van der Waals surface area contributed by atoms with Crippen LogP contribution in [0.25, 0.3) is 0 Å². The molecular formula is C13H13IN2O. The van der Waals surface area contributed by atoms with Gasteiger partial charge in [0, 0.05) is 15.3 Å². The molecule has 2 aromatic rings. The van der Waals surface area contributed by atoms with Crippen LogP contribution in [0.5, 0.6) is 11.6 Å². The lowest BCUT2D eigenvalue weighted by atomic mass is 10.3. The Morgan fingerprint density at radius 3 is 2.53 bits per heavy atom. The zero-order valence-corrected chi connectivity index (χ0v) is 11.9. The lowest BCUT2D eigenvalue weighted by Crippen LogP contribution is -1.97. The smallest absolute Gasteiger partial charge is 0.222 e. The third-order valence-corrected chi connectivity index (χ3v) is 2.98. The number of hydrogen-bond acceptors (Lipinski definition) is 3. The van der Waals surface area contributed by atoms with Crippen molar-refractivity contribution in [2.24, 2.45) is 0 Å². The molecule has 0 aliphatic carbocycles. The zero-order valence-electron chi connectivity index (χ0n) is 9.77. The first kappa shape index (κ1) is 12.3. The predicted octanol–water partition coefficient (Wildman–Crippen LogP) is 3.74. The maximum Gasteiger partial charge on any atom is 0.222 e. The van der Waals surface area contributed by atoms with E-state index in [0.29, 0.717) is 5.88 Å². The van der Waals surface area contributed by atoms with Gasteiger partial charge in [0.05, 0.1) is 0 Å². The number of halogens is 1. The molecule has 17 heavy (non-hydrogen) atoms. The number of nitrogens with zero attached hydrogens (tertiary/aromatic N) is 2. The first-order valence-electron chi connectivity index (χ1n) is 5.45. The lowest BCUT2D eigenvalue weighted by Gasteiger charge is -2.06. The summed E-state index contributed by atoms with van der Waals surface area (Å²) in [6.07, 6.45) is 0.881. The molecule has 1 aromatic carbocycles. The first-order valence-corrected chi connectivity index (χ1v) is 6.53. The van der Waals surface area contributed by atoms with Crippen molar-refractivity contribution in [3.63, 3.8) is 0 Å². The van der Waals surface area contributed by atoms with Gasteiger partial charge in [-0.3, -0.25) is 0 Å². The van der Waals surface area contributed by atoms with Gasteiger partial charge >= 0.3 is 0 Å². The minimum atomic E-state index is 0.607. The Balaban J connectivity index is 2.23. The topological polar surface area (TPSA) is 35.0 Å². The highest BCUT2D eigenvalue weighted by Crippen LogP contribution is 2.21. The van der Waals surface area contributed by atoms with Gasteiger partial charge in [0.2, 0.25) is 5.88 Å². The number of rotatable bonds is 3. The Kier molecular flexibility index (Phi) is 3.93. The van der Waals surface area contributed by atoms with Gasteiger partial charge in [-0.25, -0.2) is 4.98 Å². The Labute approximate surface area is 114 Å². The van der Waals surface area contributed by atoms with Crippen LogP contribution in [-0.4, -0.2) is 9.97 Å². The van der Waals surface area contributed by atoms with E-state index in [1.54, 1.807) is 0 Å². The van der Waals surface area contributed by atoms with E-state index in [9.17, 15) is 0 Å². The maximum atomic E-state index is 5.70. The normalized spacial score (nSPS) is 10.3. The van der Waals surface area contributed by atoms with Crippen LogP contribution in [0.2, 0.25) is 0 Å². The summed E-state index contributed by atoms with van der Waals surface area (Å²) < 4.78 is 6.89. The molecule has 0 saturated heterocycles. The highest BCUT2D eigenvalue weighted by Gasteiger charge is 2.03. The zero-order chi connectivity index (χ0) is 12.3. The van der Waals surface area contributed by atoms with Crippen molar-refractivity contribution in [1.82, 2.24) is 9.97 Å². The molecule has 0 spiro atoms. The molecule has 0 radical (unpaired) electrons. The van der Waals surface area contributed by atoms with Crippen molar-refractivity contribution in [3.8, 4) is 11.6 Å². The Morgan fingerprint density at radius 2 is 1.88 bits per heavy atom. The van der Waals surface area contributed by atoms with Crippen molar-refractivity contribution in [2.45, 2.75) is 20.3 Å². The second kappa shape index (κ2) is 5.44. The molecule has 0 amide bonds. The van der Waals surface area contributed by atoms with E-state index in [1.165, 1.54) is 3.57 Å². The van der Waals surface area contributed by atoms with Crippen molar-refractivity contribution < 1.29 is 4.74 Å². The van der Waals surface area contributed by atoms with Crippen LogP contribution in [0, 0.1) is 10.5 Å². The van der Waals surface area contributed by atoms with E-state index in [4.69, 9.17) is 4.74 Å². The van der Waals surface area contributed by atoms with Gasteiger partial charge in [0.25, 0.3) is 0 Å². The minimum absolute atomic E-state index is 0.607. The molecule has 0 saturated carbocycles. The average molecular weight is 340 g/mol. The van der Waals surface area contributed by atoms with Gasteiger partial charge in [-0.1, -0.05) is 6.92 Å². The van der Waals surface area contributed by atoms with Crippen LogP contribution in [-0.2, 0) is 6.42 Å². The first-order chi connectivity index (χ1) is 8.17. The van der Waals surface area contributed by atoms with Crippen LogP contribution in [0.1, 0.15) is 18.4 Å². The monoisotopic (exact) mass is 340 g/mol. The molecule has 0 bridgehead atoms. The van der Waals surface area contributed by atoms with Crippen LogP contribution < -0.4 is 4.74 Å². The van der Waals surface area contributed by atoms with Gasteiger partial charge < -0.3 is 4.74 Å². The molecule has 0 aliphatic rings. The van der Waals surface area contributed by atoms with Crippen molar-refractivity contribution in [2.75, 3.05) is 0 Å². The minimum Gasteiger partial charge on any atom is -0.439 e. The van der Waals surface area contributed by atoms with Crippen LogP contribution >= 0.6 is 22.6 Å². The summed E-state index contributed by atoms with van der Waals surface area (Å²) in [7, 11) is 0. The second-order valence-electron chi connectivity index (χ2n) is 3.65. The van der Waals surface area contributed by atoms with E-state index in [-0.39, 0.29) is 0 Å². The van der Waals surface area contributed by atoms with Crippen LogP contribution in [0.3, 0.4) is 0 Å². The van der Waals surface area contributed by atoms with Gasteiger partial charge in [-0.2, -0.15) is 4.98 Å². The predicted molar refractivity (Wildman–Crippen MR) is 75.4 cm³/mol. The molecular weight excluding hydrogens is 327 g/mol. The number of benzene rings is 1. The van der Waals surface area contributed by atoms with E-state index in [0.717, 1.165) is 23.7 Å². The molecule has 2 rings (SSSR count). The van der Waals surface area contributed by atoms with E-state index in [2.05, 4.69) is 39.5 Å². The highest BCUT2D eigenvalue weighted by atomic mass is 127. The fourth-order valence-corrected chi connectivity index (χ4v) is 1.82. The van der Waals surface area contributed by atoms with Crippen molar-refractivity contribution in [3.05, 3.63) is 45.4 Å². The van der Waals surface area contributed by atoms with Gasteiger partial charge in [0.1, 0.15) is 11.6 Å². The Hall–Kier alpha value is -1.17. The fourth-order valence-electron chi connectivity index (χ4n) is 1.46. The summed E-state index contributed by atoms with van der Waals surface area (Å²) >= 11 is 2.26. The SMILES string of the molecule is CCc1cc(Oc2ccc(I)cc2)nc(C)n1. The summed E-state index contributed by atoms with van der Waals surface area (Å²) in [4.78, 5) is 8.58.